The van der Waals surface area contributed by atoms with Gasteiger partial charge in [-0.25, -0.2) is 0 Å². The predicted molar refractivity (Wildman–Crippen MR) is 80.4 cm³/mol. The second-order valence-corrected chi connectivity index (χ2v) is 6.88. The molecule has 114 valence electrons. The van der Waals surface area contributed by atoms with Crippen molar-refractivity contribution in [1.29, 1.82) is 0 Å². The third-order valence-electron chi connectivity index (χ3n) is 5.41. The number of amides is 1. The van der Waals surface area contributed by atoms with E-state index in [9.17, 15) is 4.79 Å². The molecule has 3 fully saturated rings. The number of piperidine rings is 1. The maximum Gasteiger partial charge on any atom is 0.244 e. The zero-order chi connectivity index (χ0) is 14.2. The Morgan fingerprint density at radius 1 is 1.30 bits per heavy atom. The molecule has 1 saturated carbocycles. The first-order chi connectivity index (χ1) is 9.66. The molecular formula is C16H29N3O. The average molecular weight is 279 g/mol. The molecule has 20 heavy (non-hydrogen) atoms. The standard InChI is InChI=1S/C16H29N3O/c1-3-14-17-16(8-9-16)15(20)19(14)12-6-11-18-10-5-4-7-13(18)2/h13-14,17H,3-12H2,1-2H3. The fourth-order valence-corrected chi connectivity index (χ4v) is 3.87. The smallest absolute Gasteiger partial charge is 0.244 e. The van der Waals surface area contributed by atoms with E-state index in [4.69, 9.17) is 0 Å². The Morgan fingerprint density at radius 3 is 2.75 bits per heavy atom. The molecule has 2 heterocycles. The van der Waals surface area contributed by atoms with E-state index in [0.29, 0.717) is 5.91 Å². The van der Waals surface area contributed by atoms with Gasteiger partial charge in [-0.3, -0.25) is 10.1 Å². The topological polar surface area (TPSA) is 35.6 Å². The molecule has 4 heteroatoms. The Bertz CT molecular complexity index is 367. The van der Waals surface area contributed by atoms with Crippen LogP contribution in [-0.4, -0.2) is 53.1 Å². The van der Waals surface area contributed by atoms with Gasteiger partial charge in [0.1, 0.15) is 0 Å². The van der Waals surface area contributed by atoms with E-state index in [1.54, 1.807) is 0 Å². The first-order valence-electron chi connectivity index (χ1n) is 8.49. The minimum Gasteiger partial charge on any atom is -0.326 e. The number of likely N-dealkylation sites (tertiary alicyclic amines) is 1. The number of nitrogens with one attached hydrogen (secondary N) is 1. The Balaban J connectivity index is 1.49. The van der Waals surface area contributed by atoms with Crippen molar-refractivity contribution in [3.8, 4) is 0 Å². The fraction of sp³-hybridized carbons (Fsp3) is 0.938. The monoisotopic (exact) mass is 279 g/mol. The van der Waals surface area contributed by atoms with Gasteiger partial charge in [-0.2, -0.15) is 0 Å². The summed E-state index contributed by atoms with van der Waals surface area (Å²) < 4.78 is 0. The van der Waals surface area contributed by atoms with Gasteiger partial charge in [0.25, 0.3) is 0 Å². The quantitative estimate of drug-likeness (QED) is 0.835. The molecule has 1 amide bonds. The van der Waals surface area contributed by atoms with Gasteiger partial charge in [-0.15, -0.1) is 0 Å². The molecule has 0 bridgehead atoms. The highest BCUT2D eigenvalue weighted by Gasteiger charge is 2.58. The van der Waals surface area contributed by atoms with Gasteiger partial charge in [-0.1, -0.05) is 13.3 Å². The number of carbonyl (C=O) groups is 1. The Hall–Kier alpha value is -0.610. The lowest BCUT2D eigenvalue weighted by molar-refractivity contribution is -0.130. The molecule has 4 nitrogen and oxygen atoms in total. The van der Waals surface area contributed by atoms with Crippen molar-refractivity contribution in [3.05, 3.63) is 0 Å². The summed E-state index contributed by atoms with van der Waals surface area (Å²) in [5, 5.41) is 3.55. The molecule has 1 spiro atoms. The summed E-state index contributed by atoms with van der Waals surface area (Å²) in [5.74, 6) is 0.371. The maximum absolute atomic E-state index is 12.5. The Labute approximate surface area is 122 Å². The molecule has 0 aromatic rings. The summed E-state index contributed by atoms with van der Waals surface area (Å²) in [4.78, 5) is 17.2. The van der Waals surface area contributed by atoms with E-state index in [0.717, 1.165) is 44.8 Å². The van der Waals surface area contributed by atoms with E-state index < -0.39 is 0 Å². The highest BCUT2D eigenvalue weighted by atomic mass is 16.2. The van der Waals surface area contributed by atoms with Crippen LogP contribution < -0.4 is 5.32 Å². The van der Waals surface area contributed by atoms with Crippen molar-refractivity contribution in [1.82, 2.24) is 15.1 Å². The number of hydrogen-bond acceptors (Lipinski definition) is 3. The first kappa shape index (κ1) is 14.3. The van der Waals surface area contributed by atoms with Crippen LogP contribution in [0.3, 0.4) is 0 Å². The minimum absolute atomic E-state index is 0.140. The van der Waals surface area contributed by atoms with Crippen molar-refractivity contribution < 1.29 is 4.79 Å². The van der Waals surface area contributed by atoms with E-state index in [2.05, 4.69) is 29.0 Å². The first-order valence-corrected chi connectivity index (χ1v) is 8.49. The molecule has 2 atom stereocenters. The molecular weight excluding hydrogens is 250 g/mol. The van der Waals surface area contributed by atoms with E-state index in [1.165, 1.54) is 25.8 Å². The van der Waals surface area contributed by atoms with Gasteiger partial charge in [0.05, 0.1) is 11.7 Å². The van der Waals surface area contributed by atoms with Gasteiger partial charge >= 0.3 is 0 Å². The second kappa shape index (κ2) is 5.64. The predicted octanol–water partition coefficient (Wildman–Crippen LogP) is 1.95. The number of rotatable bonds is 5. The minimum atomic E-state index is -0.140. The van der Waals surface area contributed by atoms with Crippen LogP contribution >= 0.6 is 0 Å². The summed E-state index contributed by atoms with van der Waals surface area (Å²) in [6.07, 6.45) is 8.57. The normalized spacial score (nSPS) is 33.1. The lowest BCUT2D eigenvalue weighted by Gasteiger charge is -2.34. The van der Waals surface area contributed by atoms with Gasteiger partial charge in [0.2, 0.25) is 5.91 Å². The van der Waals surface area contributed by atoms with Crippen molar-refractivity contribution in [2.75, 3.05) is 19.6 Å². The van der Waals surface area contributed by atoms with E-state index >= 15 is 0 Å². The third kappa shape index (κ3) is 2.60. The van der Waals surface area contributed by atoms with Crippen LogP contribution in [0.1, 0.15) is 58.8 Å². The molecule has 2 aliphatic heterocycles. The van der Waals surface area contributed by atoms with Crippen LogP contribution in [0, 0.1) is 0 Å². The van der Waals surface area contributed by atoms with E-state index in [-0.39, 0.29) is 11.7 Å². The molecule has 1 aliphatic carbocycles. The zero-order valence-electron chi connectivity index (χ0n) is 13.0. The summed E-state index contributed by atoms with van der Waals surface area (Å²) in [6.45, 7) is 7.83. The average Bonchev–Trinajstić information content (AvgIpc) is 3.18. The Morgan fingerprint density at radius 2 is 2.10 bits per heavy atom. The lowest BCUT2D eigenvalue weighted by atomic mass is 10.0. The fourth-order valence-electron chi connectivity index (χ4n) is 3.87. The van der Waals surface area contributed by atoms with Crippen LogP contribution in [0.5, 0.6) is 0 Å². The summed E-state index contributed by atoms with van der Waals surface area (Å²) >= 11 is 0. The third-order valence-corrected chi connectivity index (χ3v) is 5.41. The van der Waals surface area contributed by atoms with Gasteiger partial charge in [-0.05, 0) is 52.0 Å². The summed E-state index contributed by atoms with van der Waals surface area (Å²) in [5.41, 5.74) is -0.140. The second-order valence-electron chi connectivity index (χ2n) is 6.88. The van der Waals surface area contributed by atoms with Gasteiger partial charge in [0.15, 0.2) is 0 Å². The molecule has 0 radical (unpaired) electrons. The largest absolute Gasteiger partial charge is 0.326 e. The van der Waals surface area contributed by atoms with Crippen molar-refractivity contribution >= 4 is 5.91 Å². The zero-order valence-corrected chi connectivity index (χ0v) is 13.0. The van der Waals surface area contributed by atoms with Crippen molar-refractivity contribution in [3.63, 3.8) is 0 Å². The molecule has 0 aromatic heterocycles. The Kier molecular flexibility index (Phi) is 4.04. The molecule has 2 saturated heterocycles. The van der Waals surface area contributed by atoms with Gasteiger partial charge < -0.3 is 9.80 Å². The molecule has 3 rings (SSSR count). The van der Waals surface area contributed by atoms with Crippen molar-refractivity contribution in [2.24, 2.45) is 0 Å². The molecule has 2 unspecified atom stereocenters. The highest BCUT2D eigenvalue weighted by molar-refractivity contribution is 5.91. The van der Waals surface area contributed by atoms with Crippen LogP contribution in [0.4, 0.5) is 0 Å². The lowest BCUT2D eigenvalue weighted by Crippen LogP contribution is -2.41. The van der Waals surface area contributed by atoms with Gasteiger partial charge in [0, 0.05) is 19.1 Å². The number of nitrogens with zero attached hydrogens (tertiary/aromatic N) is 2. The summed E-state index contributed by atoms with van der Waals surface area (Å²) in [7, 11) is 0. The molecule has 3 aliphatic rings. The van der Waals surface area contributed by atoms with Crippen LogP contribution in [-0.2, 0) is 4.79 Å². The van der Waals surface area contributed by atoms with Crippen LogP contribution in [0.2, 0.25) is 0 Å². The molecule has 0 aromatic carbocycles. The van der Waals surface area contributed by atoms with E-state index in [1.807, 2.05) is 0 Å². The highest BCUT2D eigenvalue weighted by Crippen LogP contribution is 2.42. The van der Waals surface area contributed by atoms with Crippen LogP contribution in [0.15, 0.2) is 0 Å². The number of carbonyl (C=O) groups excluding carboxylic acids is 1. The summed E-state index contributed by atoms with van der Waals surface area (Å²) in [6, 6.07) is 0.730. The number of hydrogen-bond donors (Lipinski definition) is 1. The van der Waals surface area contributed by atoms with Crippen molar-refractivity contribution in [2.45, 2.75) is 76.5 Å². The maximum atomic E-state index is 12.5. The SMILES string of the molecule is CCC1NC2(CC2)C(=O)N1CCCN1CCCCC1C. The van der Waals surface area contributed by atoms with Crippen LogP contribution in [0.25, 0.3) is 0 Å². The molecule has 1 N–H and O–H groups in total.